The Morgan fingerprint density at radius 3 is 2.09 bits per heavy atom. The molecule has 3 rings (SSSR count). The summed E-state index contributed by atoms with van der Waals surface area (Å²) in [5.41, 5.74) is 7.13. The number of hydrogen-bond acceptors (Lipinski definition) is 4. The van der Waals surface area contributed by atoms with Crippen molar-refractivity contribution in [1.29, 1.82) is 0 Å². The van der Waals surface area contributed by atoms with Gasteiger partial charge in [-0.3, -0.25) is 13.9 Å². The van der Waals surface area contributed by atoms with E-state index < -0.39 is 28.4 Å². The zero-order valence-electron chi connectivity index (χ0n) is 17.9. The number of para-hydroxylation sites is 1. The quantitative estimate of drug-likeness (QED) is 0.544. The Balaban J connectivity index is 1.96. The van der Waals surface area contributed by atoms with Crippen molar-refractivity contribution < 1.29 is 18.0 Å². The summed E-state index contributed by atoms with van der Waals surface area (Å²) in [4.78, 5) is 24.6. The first-order valence-corrected chi connectivity index (χ1v) is 11.5. The fraction of sp³-hybridized carbons (Fsp3) is 0.167. The second kappa shape index (κ2) is 9.65. The van der Waals surface area contributed by atoms with E-state index in [0.29, 0.717) is 5.69 Å². The van der Waals surface area contributed by atoms with Crippen LogP contribution in [0.15, 0.2) is 83.8 Å². The highest BCUT2D eigenvalue weighted by molar-refractivity contribution is 7.92. The molecular formula is C24H25N3O4S. The summed E-state index contributed by atoms with van der Waals surface area (Å²) in [5, 5.41) is 2.60. The number of nitrogens with zero attached hydrogens (tertiary/aromatic N) is 1. The van der Waals surface area contributed by atoms with Gasteiger partial charge in [0.05, 0.1) is 21.8 Å². The maximum absolute atomic E-state index is 13.4. The molecule has 0 aliphatic carbocycles. The molecule has 0 aromatic heterocycles. The van der Waals surface area contributed by atoms with Crippen molar-refractivity contribution in [2.45, 2.75) is 24.7 Å². The standard InChI is InChI=1S/C24H25N3O4S/c1-17(2)18-12-14-19(15-13-18)27(32(30,31)20-8-4-3-5-9-20)16-23(28)26-22-11-7-6-10-21(22)24(25)29/h3-15,17H,16H2,1-2H3,(H2,25,29)(H,26,28). The van der Waals surface area contributed by atoms with Crippen molar-refractivity contribution in [3.05, 3.63) is 90.0 Å². The van der Waals surface area contributed by atoms with E-state index in [1.54, 1.807) is 42.5 Å². The zero-order valence-corrected chi connectivity index (χ0v) is 18.7. The SMILES string of the molecule is CC(C)c1ccc(N(CC(=O)Nc2ccccc2C(N)=O)S(=O)(=O)c2ccccc2)cc1. The third-order valence-corrected chi connectivity index (χ3v) is 6.72. The minimum Gasteiger partial charge on any atom is -0.366 e. The molecule has 8 heteroatoms. The third-order valence-electron chi connectivity index (χ3n) is 4.93. The Morgan fingerprint density at radius 1 is 0.906 bits per heavy atom. The first-order valence-electron chi connectivity index (χ1n) is 10.1. The minimum absolute atomic E-state index is 0.0678. The molecule has 0 aliphatic rings. The van der Waals surface area contributed by atoms with E-state index in [1.165, 1.54) is 24.3 Å². The summed E-state index contributed by atoms with van der Waals surface area (Å²) in [7, 11) is -4.02. The predicted molar refractivity (Wildman–Crippen MR) is 125 cm³/mol. The van der Waals surface area contributed by atoms with Gasteiger partial charge in [0.1, 0.15) is 6.54 Å². The highest BCUT2D eigenvalue weighted by atomic mass is 32.2. The highest BCUT2D eigenvalue weighted by Gasteiger charge is 2.27. The molecule has 32 heavy (non-hydrogen) atoms. The van der Waals surface area contributed by atoms with Crippen LogP contribution in [0.2, 0.25) is 0 Å². The molecule has 3 N–H and O–H groups in total. The number of hydrogen-bond donors (Lipinski definition) is 2. The van der Waals surface area contributed by atoms with Crippen LogP contribution in [0.4, 0.5) is 11.4 Å². The molecule has 0 saturated carbocycles. The molecule has 7 nitrogen and oxygen atoms in total. The molecule has 0 radical (unpaired) electrons. The zero-order chi connectivity index (χ0) is 23.3. The van der Waals surface area contributed by atoms with Gasteiger partial charge in [-0.1, -0.05) is 56.3 Å². The first kappa shape index (κ1) is 23.0. The lowest BCUT2D eigenvalue weighted by Gasteiger charge is -2.24. The van der Waals surface area contributed by atoms with Gasteiger partial charge < -0.3 is 11.1 Å². The van der Waals surface area contributed by atoms with E-state index in [9.17, 15) is 18.0 Å². The lowest BCUT2D eigenvalue weighted by Crippen LogP contribution is -2.38. The summed E-state index contributed by atoms with van der Waals surface area (Å²) < 4.78 is 27.8. The van der Waals surface area contributed by atoms with Crippen LogP contribution >= 0.6 is 0 Å². The average molecular weight is 452 g/mol. The molecule has 3 aromatic rings. The fourth-order valence-electron chi connectivity index (χ4n) is 3.19. The van der Waals surface area contributed by atoms with E-state index in [4.69, 9.17) is 5.73 Å². The molecule has 0 unspecified atom stereocenters. The molecule has 0 fully saturated rings. The van der Waals surface area contributed by atoms with E-state index in [-0.39, 0.29) is 22.1 Å². The molecule has 2 amide bonds. The van der Waals surface area contributed by atoms with Gasteiger partial charge in [0, 0.05) is 0 Å². The van der Waals surface area contributed by atoms with Crippen LogP contribution in [-0.2, 0) is 14.8 Å². The van der Waals surface area contributed by atoms with E-state index in [1.807, 2.05) is 26.0 Å². The number of nitrogens with two attached hydrogens (primary N) is 1. The topological polar surface area (TPSA) is 110 Å². The maximum atomic E-state index is 13.4. The number of primary amides is 1. The van der Waals surface area contributed by atoms with Crippen LogP contribution in [0.3, 0.4) is 0 Å². The molecule has 0 bridgehead atoms. The van der Waals surface area contributed by atoms with Gasteiger partial charge in [0.15, 0.2) is 0 Å². The van der Waals surface area contributed by atoms with Gasteiger partial charge in [-0.15, -0.1) is 0 Å². The van der Waals surface area contributed by atoms with Gasteiger partial charge in [-0.25, -0.2) is 8.42 Å². The molecule has 3 aromatic carbocycles. The van der Waals surface area contributed by atoms with Crippen molar-refractivity contribution >= 4 is 33.2 Å². The van der Waals surface area contributed by atoms with Gasteiger partial charge in [-0.2, -0.15) is 0 Å². The van der Waals surface area contributed by atoms with Crippen LogP contribution in [0.5, 0.6) is 0 Å². The summed E-state index contributed by atoms with van der Waals surface area (Å²) >= 11 is 0. The first-order chi connectivity index (χ1) is 15.2. The average Bonchev–Trinajstić information content (AvgIpc) is 2.78. The van der Waals surface area contributed by atoms with Crippen molar-refractivity contribution in [3.63, 3.8) is 0 Å². The van der Waals surface area contributed by atoms with E-state index in [0.717, 1.165) is 9.87 Å². The van der Waals surface area contributed by atoms with Crippen LogP contribution in [0.25, 0.3) is 0 Å². The van der Waals surface area contributed by atoms with E-state index >= 15 is 0 Å². The Hall–Kier alpha value is -3.65. The van der Waals surface area contributed by atoms with Crippen molar-refractivity contribution in [2.24, 2.45) is 5.73 Å². The largest absolute Gasteiger partial charge is 0.366 e. The summed E-state index contributed by atoms with van der Waals surface area (Å²) in [6.45, 7) is 3.60. The summed E-state index contributed by atoms with van der Waals surface area (Å²) in [5.74, 6) is -1.03. The number of carbonyl (C=O) groups excluding carboxylic acids is 2. The lowest BCUT2D eigenvalue weighted by atomic mass is 10.0. The summed E-state index contributed by atoms with van der Waals surface area (Å²) in [6.07, 6.45) is 0. The molecule has 0 saturated heterocycles. The lowest BCUT2D eigenvalue weighted by molar-refractivity contribution is -0.114. The molecular weight excluding hydrogens is 426 g/mol. The van der Waals surface area contributed by atoms with Crippen molar-refractivity contribution in [1.82, 2.24) is 0 Å². The Labute approximate surface area is 187 Å². The summed E-state index contributed by atoms with van der Waals surface area (Å²) in [6, 6.07) is 21.2. The highest BCUT2D eigenvalue weighted by Crippen LogP contribution is 2.26. The van der Waals surface area contributed by atoms with Crippen molar-refractivity contribution in [3.8, 4) is 0 Å². The Morgan fingerprint density at radius 2 is 1.50 bits per heavy atom. The number of carbonyl (C=O) groups is 2. The number of sulfonamides is 1. The van der Waals surface area contributed by atoms with Gasteiger partial charge in [-0.05, 0) is 47.9 Å². The van der Waals surface area contributed by atoms with Gasteiger partial charge in [0.2, 0.25) is 5.91 Å². The van der Waals surface area contributed by atoms with Gasteiger partial charge in [0.25, 0.3) is 15.9 Å². The van der Waals surface area contributed by atoms with Crippen LogP contribution < -0.4 is 15.4 Å². The molecule has 0 atom stereocenters. The number of amides is 2. The predicted octanol–water partition coefficient (Wildman–Crippen LogP) is 3.74. The molecule has 0 spiro atoms. The minimum atomic E-state index is -4.02. The van der Waals surface area contributed by atoms with Crippen LogP contribution in [0.1, 0.15) is 35.7 Å². The Bertz CT molecular complexity index is 1210. The number of nitrogens with one attached hydrogen (secondary N) is 1. The Kier molecular flexibility index (Phi) is 6.95. The van der Waals surface area contributed by atoms with Crippen LogP contribution in [-0.4, -0.2) is 26.8 Å². The third kappa shape index (κ3) is 5.15. The smallest absolute Gasteiger partial charge is 0.264 e. The molecule has 0 heterocycles. The molecule has 0 aliphatic heterocycles. The van der Waals surface area contributed by atoms with Gasteiger partial charge >= 0.3 is 0 Å². The van der Waals surface area contributed by atoms with E-state index in [2.05, 4.69) is 5.32 Å². The number of rotatable bonds is 8. The van der Waals surface area contributed by atoms with Crippen LogP contribution in [0, 0.1) is 0 Å². The second-order valence-corrected chi connectivity index (χ2v) is 9.39. The number of anilines is 2. The van der Waals surface area contributed by atoms with Crippen molar-refractivity contribution in [2.75, 3.05) is 16.2 Å². The number of benzene rings is 3. The normalized spacial score (nSPS) is 11.2. The molecule has 166 valence electrons. The second-order valence-electron chi connectivity index (χ2n) is 7.53. The fourth-order valence-corrected chi connectivity index (χ4v) is 4.63. The monoisotopic (exact) mass is 451 g/mol. The maximum Gasteiger partial charge on any atom is 0.264 e.